The number of hydrogen-bond acceptors (Lipinski definition) is 4. The van der Waals surface area contributed by atoms with E-state index in [1.165, 1.54) is 5.56 Å². The number of hydrogen-bond donors (Lipinski definition) is 1. The fourth-order valence-electron chi connectivity index (χ4n) is 3.09. The van der Waals surface area contributed by atoms with Gasteiger partial charge in [-0.2, -0.15) is 11.3 Å². The summed E-state index contributed by atoms with van der Waals surface area (Å²) in [6.07, 6.45) is 2.07. The Morgan fingerprint density at radius 3 is 2.83 bits per heavy atom. The Balaban J connectivity index is 1.63. The van der Waals surface area contributed by atoms with Gasteiger partial charge in [0.25, 0.3) is 0 Å². The molecule has 3 rings (SSSR count). The molecule has 1 atom stereocenters. The molecule has 5 nitrogen and oxygen atoms in total. The van der Waals surface area contributed by atoms with E-state index in [2.05, 4.69) is 22.1 Å². The predicted molar refractivity (Wildman–Crippen MR) is 94.8 cm³/mol. The van der Waals surface area contributed by atoms with Crippen LogP contribution in [0.3, 0.4) is 0 Å². The SMILES string of the molecule is COc1ccc(CNC(=O)N2CCCC2c2ccsc2)cc1OC. The maximum absolute atomic E-state index is 12.6. The Hall–Kier alpha value is -2.21. The molecule has 6 heteroatoms. The van der Waals surface area contributed by atoms with Crippen molar-refractivity contribution < 1.29 is 14.3 Å². The van der Waals surface area contributed by atoms with Crippen LogP contribution in [0.4, 0.5) is 4.79 Å². The highest BCUT2D eigenvalue weighted by Crippen LogP contribution is 2.33. The third kappa shape index (κ3) is 3.48. The first kappa shape index (κ1) is 16.6. The van der Waals surface area contributed by atoms with Crippen molar-refractivity contribution in [3.05, 3.63) is 46.2 Å². The van der Waals surface area contributed by atoms with E-state index < -0.39 is 0 Å². The van der Waals surface area contributed by atoms with Gasteiger partial charge in [0.1, 0.15) is 0 Å². The minimum absolute atomic E-state index is 0.0153. The van der Waals surface area contributed by atoms with Crippen molar-refractivity contribution in [2.24, 2.45) is 0 Å². The number of nitrogens with zero attached hydrogens (tertiary/aromatic N) is 1. The Kier molecular flexibility index (Phi) is 5.25. The van der Waals surface area contributed by atoms with Crippen LogP contribution in [0, 0.1) is 0 Å². The van der Waals surface area contributed by atoms with E-state index in [0.29, 0.717) is 18.0 Å². The van der Waals surface area contributed by atoms with Crippen molar-refractivity contribution in [3.63, 3.8) is 0 Å². The maximum Gasteiger partial charge on any atom is 0.318 e. The second kappa shape index (κ2) is 7.57. The molecule has 1 aromatic heterocycles. The molecule has 2 heterocycles. The summed E-state index contributed by atoms with van der Waals surface area (Å²) in [7, 11) is 3.22. The number of carbonyl (C=O) groups excluding carboxylic acids is 1. The summed E-state index contributed by atoms with van der Waals surface area (Å²) in [6.45, 7) is 1.27. The summed E-state index contributed by atoms with van der Waals surface area (Å²) in [4.78, 5) is 14.5. The topological polar surface area (TPSA) is 50.8 Å². The van der Waals surface area contributed by atoms with Gasteiger partial charge in [0, 0.05) is 13.1 Å². The first-order chi connectivity index (χ1) is 11.7. The molecule has 0 aliphatic carbocycles. The number of thiophene rings is 1. The predicted octanol–water partition coefficient (Wildman–Crippen LogP) is 3.81. The van der Waals surface area contributed by atoms with Gasteiger partial charge in [-0.05, 0) is 52.9 Å². The number of carbonyl (C=O) groups is 1. The molecule has 24 heavy (non-hydrogen) atoms. The van der Waals surface area contributed by atoms with Crippen molar-refractivity contribution in [1.82, 2.24) is 10.2 Å². The number of likely N-dealkylation sites (tertiary alicyclic amines) is 1. The Bertz CT molecular complexity index is 688. The van der Waals surface area contributed by atoms with E-state index >= 15 is 0 Å². The first-order valence-electron chi connectivity index (χ1n) is 8.00. The summed E-state index contributed by atoms with van der Waals surface area (Å²) in [5.41, 5.74) is 2.21. The molecule has 1 saturated heterocycles. The van der Waals surface area contributed by atoms with Gasteiger partial charge >= 0.3 is 6.03 Å². The molecule has 1 fully saturated rings. The first-order valence-corrected chi connectivity index (χ1v) is 8.94. The van der Waals surface area contributed by atoms with Crippen LogP contribution in [0.1, 0.15) is 30.0 Å². The molecule has 1 aliphatic rings. The molecule has 1 aromatic carbocycles. The normalized spacial score (nSPS) is 16.9. The number of benzene rings is 1. The van der Waals surface area contributed by atoms with Crippen LogP contribution in [0.15, 0.2) is 35.0 Å². The van der Waals surface area contributed by atoms with Crippen molar-refractivity contribution in [3.8, 4) is 11.5 Å². The second-order valence-electron chi connectivity index (χ2n) is 5.76. The number of methoxy groups -OCH3 is 2. The van der Waals surface area contributed by atoms with Crippen LogP contribution in [0.25, 0.3) is 0 Å². The summed E-state index contributed by atoms with van der Waals surface area (Å²) in [5.74, 6) is 1.35. The molecule has 0 bridgehead atoms. The zero-order valence-electron chi connectivity index (χ0n) is 14.0. The summed E-state index contributed by atoms with van der Waals surface area (Å²) < 4.78 is 10.5. The van der Waals surface area contributed by atoms with Crippen LogP contribution >= 0.6 is 11.3 Å². The van der Waals surface area contributed by atoms with Crippen LogP contribution in [0.5, 0.6) is 11.5 Å². The van der Waals surface area contributed by atoms with Crippen LogP contribution < -0.4 is 14.8 Å². The van der Waals surface area contributed by atoms with Crippen molar-refractivity contribution in [2.75, 3.05) is 20.8 Å². The van der Waals surface area contributed by atoms with Gasteiger partial charge in [-0.3, -0.25) is 0 Å². The van der Waals surface area contributed by atoms with Gasteiger partial charge in [0.05, 0.1) is 20.3 Å². The standard InChI is InChI=1S/C18H22N2O3S/c1-22-16-6-5-13(10-17(16)23-2)11-19-18(21)20-8-3-4-15(20)14-7-9-24-12-14/h5-7,9-10,12,15H,3-4,8,11H2,1-2H3,(H,19,21). The molecular formula is C18H22N2O3S. The summed E-state index contributed by atoms with van der Waals surface area (Å²) in [6, 6.07) is 7.96. The minimum atomic E-state index is -0.0153. The highest BCUT2D eigenvalue weighted by molar-refractivity contribution is 7.07. The molecule has 2 aromatic rings. The third-order valence-electron chi connectivity index (χ3n) is 4.33. The van der Waals surface area contributed by atoms with E-state index in [-0.39, 0.29) is 12.1 Å². The Labute approximate surface area is 146 Å². The van der Waals surface area contributed by atoms with Gasteiger partial charge in [0.2, 0.25) is 0 Å². The maximum atomic E-state index is 12.6. The van der Waals surface area contributed by atoms with Gasteiger partial charge in [0.15, 0.2) is 11.5 Å². The lowest BCUT2D eigenvalue weighted by molar-refractivity contribution is 0.192. The second-order valence-corrected chi connectivity index (χ2v) is 6.54. The molecule has 1 N–H and O–H groups in total. The molecule has 0 saturated carbocycles. The van der Waals surface area contributed by atoms with E-state index in [1.54, 1.807) is 25.6 Å². The van der Waals surface area contributed by atoms with E-state index in [9.17, 15) is 4.79 Å². The summed E-state index contributed by atoms with van der Waals surface area (Å²) in [5, 5.41) is 7.21. The van der Waals surface area contributed by atoms with Gasteiger partial charge < -0.3 is 19.7 Å². The van der Waals surface area contributed by atoms with Crippen LogP contribution in [0.2, 0.25) is 0 Å². The third-order valence-corrected chi connectivity index (χ3v) is 5.03. The fourth-order valence-corrected chi connectivity index (χ4v) is 3.80. The van der Waals surface area contributed by atoms with Crippen LogP contribution in [-0.2, 0) is 6.54 Å². The lowest BCUT2D eigenvalue weighted by Crippen LogP contribution is -2.39. The average molecular weight is 346 g/mol. The van der Waals surface area contributed by atoms with E-state index in [1.807, 2.05) is 23.1 Å². The Morgan fingerprint density at radius 2 is 2.12 bits per heavy atom. The van der Waals surface area contributed by atoms with Gasteiger partial charge in [-0.1, -0.05) is 6.07 Å². The monoisotopic (exact) mass is 346 g/mol. The minimum Gasteiger partial charge on any atom is -0.493 e. The highest BCUT2D eigenvalue weighted by atomic mass is 32.1. The van der Waals surface area contributed by atoms with Gasteiger partial charge in [-0.25, -0.2) is 4.79 Å². The highest BCUT2D eigenvalue weighted by Gasteiger charge is 2.29. The largest absolute Gasteiger partial charge is 0.493 e. The number of ether oxygens (including phenoxy) is 2. The van der Waals surface area contributed by atoms with E-state index in [4.69, 9.17) is 9.47 Å². The number of nitrogens with one attached hydrogen (secondary N) is 1. The molecule has 1 unspecified atom stereocenters. The number of amides is 2. The summed E-state index contributed by atoms with van der Waals surface area (Å²) >= 11 is 1.67. The zero-order chi connectivity index (χ0) is 16.9. The van der Waals surface area contributed by atoms with Gasteiger partial charge in [-0.15, -0.1) is 0 Å². The molecule has 1 aliphatic heterocycles. The molecule has 0 spiro atoms. The lowest BCUT2D eigenvalue weighted by atomic mass is 10.1. The lowest BCUT2D eigenvalue weighted by Gasteiger charge is -2.24. The number of rotatable bonds is 5. The van der Waals surface area contributed by atoms with Crippen molar-refractivity contribution in [1.29, 1.82) is 0 Å². The fraction of sp³-hybridized carbons (Fsp3) is 0.389. The molecule has 128 valence electrons. The van der Waals surface area contributed by atoms with Crippen molar-refractivity contribution >= 4 is 17.4 Å². The zero-order valence-corrected chi connectivity index (χ0v) is 14.8. The molecule has 0 radical (unpaired) electrons. The quantitative estimate of drug-likeness (QED) is 0.895. The Morgan fingerprint density at radius 1 is 1.29 bits per heavy atom. The van der Waals surface area contributed by atoms with Crippen molar-refractivity contribution in [2.45, 2.75) is 25.4 Å². The van der Waals surface area contributed by atoms with E-state index in [0.717, 1.165) is 24.9 Å². The smallest absolute Gasteiger partial charge is 0.318 e. The number of urea groups is 1. The average Bonchev–Trinajstić information content (AvgIpc) is 3.29. The van der Waals surface area contributed by atoms with Crippen LogP contribution in [-0.4, -0.2) is 31.7 Å². The molecule has 2 amide bonds. The molecular weight excluding hydrogens is 324 g/mol.